The Morgan fingerprint density at radius 3 is 2.74 bits per heavy atom. The highest BCUT2D eigenvalue weighted by Crippen LogP contribution is 2.38. The van der Waals surface area contributed by atoms with E-state index in [1.807, 2.05) is 6.92 Å². The molecule has 0 saturated heterocycles. The Bertz CT molecular complexity index is 1130. The second kappa shape index (κ2) is 4.42. The second-order valence-electron chi connectivity index (χ2n) is 5.49. The number of benzene rings is 2. The molecule has 1 amide bonds. The molecule has 0 unspecified atom stereocenters. The molecule has 6 heteroatoms. The molecule has 0 bridgehead atoms. The first-order valence-corrected chi connectivity index (χ1v) is 7.01. The molecule has 5 nitrogen and oxygen atoms in total. The van der Waals surface area contributed by atoms with E-state index < -0.39 is 11.7 Å². The molecular formula is C17H12FN3O2. The average molecular weight is 309 g/mol. The Hall–Kier alpha value is -3.15. The molecule has 2 heterocycles. The molecule has 0 aliphatic rings. The smallest absolute Gasteiger partial charge is 0.269 e. The van der Waals surface area contributed by atoms with E-state index in [1.54, 1.807) is 24.3 Å². The van der Waals surface area contributed by atoms with E-state index in [0.29, 0.717) is 21.8 Å². The van der Waals surface area contributed by atoms with Gasteiger partial charge in [-0.1, -0.05) is 18.2 Å². The van der Waals surface area contributed by atoms with Gasteiger partial charge in [0, 0.05) is 16.2 Å². The van der Waals surface area contributed by atoms with E-state index in [9.17, 15) is 14.3 Å². The fourth-order valence-corrected chi connectivity index (χ4v) is 3.08. The molecule has 114 valence electrons. The summed E-state index contributed by atoms with van der Waals surface area (Å²) in [6, 6.07) is 7.92. The van der Waals surface area contributed by atoms with Crippen LogP contribution in [0.1, 0.15) is 16.1 Å². The maximum absolute atomic E-state index is 14.2. The number of nitrogens with zero attached hydrogens (tertiary/aromatic N) is 1. The van der Waals surface area contributed by atoms with Gasteiger partial charge in [-0.2, -0.15) is 0 Å². The number of amides is 1. The summed E-state index contributed by atoms with van der Waals surface area (Å²) in [6.07, 6.45) is 0. The highest BCUT2D eigenvalue weighted by molar-refractivity contribution is 6.24. The normalized spacial score (nSPS) is 11.6. The summed E-state index contributed by atoms with van der Waals surface area (Å²) in [5.74, 6) is -1.25. The van der Waals surface area contributed by atoms with Crippen molar-refractivity contribution < 1.29 is 14.3 Å². The van der Waals surface area contributed by atoms with Crippen molar-refractivity contribution in [2.75, 3.05) is 0 Å². The zero-order valence-electron chi connectivity index (χ0n) is 12.1. The quantitative estimate of drug-likeness (QED) is 0.504. The number of phenolic OH excluding ortho intramolecular Hbond substituents is 1. The van der Waals surface area contributed by atoms with Crippen LogP contribution in [0.25, 0.3) is 32.7 Å². The Balaban J connectivity index is 2.42. The van der Waals surface area contributed by atoms with Crippen molar-refractivity contribution in [2.45, 2.75) is 6.92 Å². The molecule has 0 spiro atoms. The van der Waals surface area contributed by atoms with Crippen molar-refractivity contribution in [1.82, 2.24) is 9.97 Å². The van der Waals surface area contributed by atoms with Gasteiger partial charge in [-0.25, -0.2) is 9.37 Å². The number of para-hydroxylation sites is 1. The zero-order chi connectivity index (χ0) is 16.3. The Labute approximate surface area is 129 Å². The van der Waals surface area contributed by atoms with Crippen LogP contribution in [0.15, 0.2) is 30.3 Å². The molecule has 4 aromatic rings. The number of aromatic hydroxyl groups is 1. The maximum Gasteiger partial charge on any atom is 0.269 e. The maximum atomic E-state index is 14.2. The minimum absolute atomic E-state index is 0.0433. The molecule has 2 aromatic carbocycles. The van der Waals surface area contributed by atoms with Crippen LogP contribution in [0, 0.1) is 12.7 Å². The number of nitrogens with one attached hydrogen (secondary N) is 1. The van der Waals surface area contributed by atoms with E-state index in [1.165, 1.54) is 6.07 Å². The molecule has 0 radical (unpaired) electrons. The lowest BCUT2D eigenvalue weighted by molar-refractivity contribution is 0.0997. The van der Waals surface area contributed by atoms with Crippen molar-refractivity contribution in [3.8, 4) is 5.75 Å². The number of pyridine rings is 1. The SMILES string of the molecule is Cc1ccc(O)c2[nH]c3c(C(N)=O)nc4c(F)cccc4c3c12. The van der Waals surface area contributed by atoms with Crippen LogP contribution in [0.2, 0.25) is 0 Å². The van der Waals surface area contributed by atoms with E-state index >= 15 is 0 Å². The Morgan fingerprint density at radius 1 is 1.22 bits per heavy atom. The first kappa shape index (κ1) is 13.5. The van der Waals surface area contributed by atoms with Crippen LogP contribution in [-0.4, -0.2) is 21.0 Å². The Morgan fingerprint density at radius 2 is 2.00 bits per heavy atom. The topological polar surface area (TPSA) is 92.0 Å². The molecule has 23 heavy (non-hydrogen) atoms. The van der Waals surface area contributed by atoms with Crippen molar-refractivity contribution in [3.63, 3.8) is 0 Å². The standard InChI is InChI=1S/C17H12FN3O2/c1-7-5-6-10(22)14-11(7)12-8-3-2-4-9(18)13(8)20-16(17(19)23)15(12)21-14/h2-6,21-22H,1H3,(H2,19,23). The van der Waals surface area contributed by atoms with Gasteiger partial charge in [0.15, 0.2) is 5.69 Å². The number of halogens is 1. The molecular weight excluding hydrogens is 297 g/mol. The van der Waals surface area contributed by atoms with Crippen LogP contribution in [0.3, 0.4) is 0 Å². The number of aromatic amines is 1. The van der Waals surface area contributed by atoms with E-state index in [0.717, 1.165) is 10.9 Å². The minimum atomic E-state index is -0.760. The summed E-state index contributed by atoms with van der Waals surface area (Å²) >= 11 is 0. The fourth-order valence-electron chi connectivity index (χ4n) is 3.08. The van der Waals surface area contributed by atoms with Crippen molar-refractivity contribution in [3.05, 3.63) is 47.4 Å². The number of H-pyrrole nitrogens is 1. The average Bonchev–Trinajstić information content (AvgIpc) is 2.92. The van der Waals surface area contributed by atoms with Gasteiger partial charge in [0.25, 0.3) is 5.91 Å². The second-order valence-corrected chi connectivity index (χ2v) is 5.49. The fraction of sp³-hybridized carbons (Fsp3) is 0.0588. The number of hydrogen-bond acceptors (Lipinski definition) is 3. The summed E-state index contributed by atoms with van der Waals surface area (Å²) in [5.41, 5.74) is 7.20. The number of nitrogens with two attached hydrogens (primary N) is 1. The van der Waals surface area contributed by atoms with Crippen molar-refractivity contribution in [1.29, 1.82) is 0 Å². The molecule has 4 N–H and O–H groups in total. The lowest BCUT2D eigenvalue weighted by Gasteiger charge is -2.05. The monoisotopic (exact) mass is 309 g/mol. The van der Waals surface area contributed by atoms with Crippen molar-refractivity contribution >= 4 is 38.6 Å². The Kier molecular flexibility index (Phi) is 2.60. The summed E-state index contributed by atoms with van der Waals surface area (Å²) in [4.78, 5) is 18.9. The molecule has 0 atom stereocenters. The van der Waals surface area contributed by atoms with Crippen molar-refractivity contribution in [2.24, 2.45) is 5.73 Å². The number of primary amides is 1. The van der Waals surface area contributed by atoms with E-state index in [4.69, 9.17) is 5.73 Å². The van der Waals surface area contributed by atoms with Crippen LogP contribution in [0.4, 0.5) is 4.39 Å². The summed E-state index contributed by atoms with van der Waals surface area (Å²) in [7, 11) is 0. The van der Waals surface area contributed by atoms with E-state index in [2.05, 4.69) is 9.97 Å². The number of fused-ring (bicyclic) bond motifs is 5. The zero-order valence-corrected chi connectivity index (χ0v) is 12.1. The lowest BCUT2D eigenvalue weighted by Crippen LogP contribution is -2.14. The predicted molar refractivity (Wildman–Crippen MR) is 86.0 cm³/mol. The molecule has 2 aromatic heterocycles. The summed E-state index contributed by atoms with van der Waals surface area (Å²) in [6.45, 7) is 1.88. The van der Waals surface area contributed by atoms with E-state index in [-0.39, 0.29) is 17.0 Å². The van der Waals surface area contributed by atoms with Gasteiger partial charge in [-0.15, -0.1) is 0 Å². The highest BCUT2D eigenvalue weighted by atomic mass is 19.1. The number of phenols is 1. The lowest BCUT2D eigenvalue weighted by atomic mass is 10.0. The number of aryl methyl sites for hydroxylation is 1. The molecule has 0 aliphatic carbocycles. The third-order valence-corrected chi connectivity index (χ3v) is 4.09. The van der Waals surface area contributed by atoms with Crippen LogP contribution in [-0.2, 0) is 0 Å². The van der Waals surface area contributed by atoms with Gasteiger partial charge >= 0.3 is 0 Å². The first-order chi connectivity index (χ1) is 11.0. The molecule has 0 saturated carbocycles. The number of carbonyl (C=O) groups is 1. The number of aromatic nitrogens is 2. The summed E-state index contributed by atoms with van der Waals surface area (Å²) < 4.78 is 14.2. The van der Waals surface area contributed by atoms with Crippen LogP contribution in [0.5, 0.6) is 5.75 Å². The highest BCUT2D eigenvalue weighted by Gasteiger charge is 2.20. The number of rotatable bonds is 1. The van der Waals surface area contributed by atoms with Gasteiger partial charge in [-0.3, -0.25) is 4.79 Å². The van der Waals surface area contributed by atoms with Gasteiger partial charge < -0.3 is 15.8 Å². The largest absolute Gasteiger partial charge is 0.506 e. The molecule has 0 aliphatic heterocycles. The van der Waals surface area contributed by atoms with Gasteiger partial charge in [0.05, 0.1) is 11.0 Å². The van der Waals surface area contributed by atoms with Gasteiger partial charge in [0.2, 0.25) is 0 Å². The van der Waals surface area contributed by atoms with Crippen LogP contribution < -0.4 is 5.73 Å². The summed E-state index contributed by atoms with van der Waals surface area (Å²) in [5, 5.41) is 12.0. The minimum Gasteiger partial charge on any atom is -0.506 e. The van der Waals surface area contributed by atoms with Gasteiger partial charge in [-0.05, 0) is 24.6 Å². The molecule has 4 rings (SSSR count). The molecule has 0 fully saturated rings. The third kappa shape index (κ3) is 1.72. The van der Waals surface area contributed by atoms with Crippen LogP contribution >= 0.6 is 0 Å². The predicted octanol–water partition coefficient (Wildman–Crippen LogP) is 3.12. The number of carbonyl (C=O) groups excluding carboxylic acids is 1. The number of hydrogen-bond donors (Lipinski definition) is 3. The third-order valence-electron chi connectivity index (χ3n) is 4.09. The van der Waals surface area contributed by atoms with Gasteiger partial charge in [0.1, 0.15) is 17.1 Å². The first-order valence-electron chi connectivity index (χ1n) is 7.01.